The Hall–Kier alpha value is -3.59. The number of fused-ring (bicyclic) bond motifs is 2. The lowest BCUT2D eigenvalue weighted by molar-refractivity contribution is -0.137. The van der Waals surface area contributed by atoms with Crippen molar-refractivity contribution < 1.29 is 27.5 Å². The average Bonchev–Trinajstić information content (AvgIpc) is 3.59. The van der Waals surface area contributed by atoms with Gasteiger partial charge in [-0.2, -0.15) is 13.2 Å². The summed E-state index contributed by atoms with van der Waals surface area (Å²) in [7, 11) is 0. The molecule has 35 heavy (non-hydrogen) atoms. The van der Waals surface area contributed by atoms with Crippen LogP contribution in [-0.4, -0.2) is 41.6 Å². The summed E-state index contributed by atoms with van der Waals surface area (Å²) in [4.78, 5) is 31.1. The van der Waals surface area contributed by atoms with Crippen molar-refractivity contribution in [2.75, 3.05) is 18.0 Å². The molecule has 2 aromatic carbocycles. The number of alkyl halides is 3. The van der Waals surface area contributed by atoms with Crippen LogP contribution in [0.15, 0.2) is 66.9 Å². The normalized spacial score (nSPS) is 27.1. The van der Waals surface area contributed by atoms with Crippen molar-refractivity contribution in [3.05, 3.63) is 78.0 Å². The van der Waals surface area contributed by atoms with E-state index >= 15 is 0 Å². The molecule has 4 heterocycles. The van der Waals surface area contributed by atoms with Gasteiger partial charge in [0.25, 0.3) is 0 Å². The van der Waals surface area contributed by atoms with Gasteiger partial charge in [0.2, 0.25) is 11.8 Å². The van der Waals surface area contributed by atoms with E-state index in [1.807, 2.05) is 30.5 Å². The summed E-state index contributed by atoms with van der Waals surface area (Å²) in [5, 5.41) is 4.03. The molecule has 2 N–H and O–H groups in total. The van der Waals surface area contributed by atoms with Gasteiger partial charge in [-0.05, 0) is 36.2 Å². The third kappa shape index (κ3) is 3.44. The fourth-order valence-electron chi connectivity index (χ4n) is 5.64. The quantitative estimate of drug-likeness (QED) is 0.544. The number of hydrogen-bond donors (Lipinski definition) is 2. The van der Waals surface area contributed by atoms with E-state index in [2.05, 4.69) is 10.3 Å². The van der Waals surface area contributed by atoms with Gasteiger partial charge in [-0.25, -0.2) is 0 Å². The van der Waals surface area contributed by atoms with Gasteiger partial charge >= 0.3 is 6.18 Å². The second-order valence-corrected chi connectivity index (χ2v) is 9.27. The molecule has 1 aromatic heterocycles. The van der Waals surface area contributed by atoms with Crippen molar-refractivity contribution in [3.63, 3.8) is 0 Å². The zero-order valence-corrected chi connectivity index (χ0v) is 18.5. The maximum Gasteiger partial charge on any atom is 0.416 e. The number of para-hydroxylation sites is 1. The molecule has 0 saturated carbocycles. The molecule has 9 heteroatoms. The standard InChI is InChI=1S/C26H22F3N3O3/c27-26(28,29)16-4-3-5-17(12-16)32-14-25-10-8-20(35-25)21(22(25)24(32)34)23(33)30-11-9-15-13-31-19-7-2-1-6-18(15)19/h1-8,10,12-13,20-22,31H,9,11,14H2,(H,30,33)/t20-,21-,22-,25-/m1/s1. The van der Waals surface area contributed by atoms with E-state index in [0.29, 0.717) is 13.0 Å². The van der Waals surface area contributed by atoms with Crippen molar-refractivity contribution in [3.8, 4) is 0 Å². The first-order valence-corrected chi connectivity index (χ1v) is 11.5. The molecule has 6 nitrogen and oxygen atoms in total. The van der Waals surface area contributed by atoms with Crippen LogP contribution in [0.3, 0.4) is 0 Å². The number of H-pyrrole nitrogens is 1. The number of nitrogens with zero attached hydrogens (tertiary/aromatic N) is 1. The van der Waals surface area contributed by atoms with E-state index in [1.54, 1.807) is 12.2 Å². The van der Waals surface area contributed by atoms with Gasteiger partial charge in [0.05, 0.1) is 30.0 Å². The number of nitrogens with one attached hydrogen (secondary N) is 2. The monoisotopic (exact) mass is 481 g/mol. The van der Waals surface area contributed by atoms with Gasteiger partial charge in [0.15, 0.2) is 0 Å². The Balaban J connectivity index is 1.19. The maximum atomic E-state index is 13.4. The molecule has 3 aliphatic rings. The molecule has 6 rings (SSSR count). The van der Waals surface area contributed by atoms with Gasteiger partial charge in [-0.3, -0.25) is 9.59 Å². The Morgan fingerprint density at radius 1 is 1.20 bits per heavy atom. The number of aromatic nitrogens is 1. The lowest BCUT2D eigenvalue weighted by Crippen LogP contribution is -2.44. The molecule has 3 aliphatic heterocycles. The van der Waals surface area contributed by atoms with E-state index in [0.717, 1.165) is 28.6 Å². The first-order valence-electron chi connectivity index (χ1n) is 11.5. The highest BCUT2D eigenvalue weighted by atomic mass is 19.4. The van der Waals surface area contributed by atoms with E-state index in [4.69, 9.17) is 4.74 Å². The number of benzene rings is 2. The van der Waals surface area contributed by atoms with Crippen LogP contribution >= 0.6 is 0 Å². The Bertz CT molecular complexity index is 1360. The van der Waals surface area contributed by atoms with Crippen molar-refractivity contribution in [2.45, 2.75) is 24.3 Å². The van der Waals surface area contributed by atoms with Crippen LogP contribution < -0.4 is 10.2 Å². The SMILES string of the molecule is O=C(NCCc1c[nH]c2ccccc12)[C@@H]1[C@H]2C=C[C@]3(CN(c4cccc(C(F)(F)F)c4)C(=O)[C@@H]13)O2. The first kappa shape index (κ1) is 21.9. The smallest absolute Gasteiger partial charge is 0.361 e. The van der Waals surface area contributed by atoms with Gasteiger partial charge in [0, 0.05) is 29.3 Å². The van der Waals surface area contributed by atoms with Crippen molar-refractivity contribution in [1.82, 2.24) is 10.3 Å². The number of carbonyl (C=O) groups excluding carboxylic acids is 2. The summed E-state index contributed by atoms with van der Waals surface area (Å²) in [6.07, 6.45) is 1.05. The van der Waals surface area contributed by atoms with E-state index in [1.165, 1.54) is 17.0 Å². The largest absolute Gasteiger partial charge is 0.416 e. The summed E-state index contributed by atoms with van der Waals surface area (Å²) in [5.41, 5.74) is 0.412. The van der Waals surface area contributed by atoms with Crippen LogP contribution in [-0.2, 0) is 26.9 Å². The summed E-state index contributed by atoms with van der Waals surface area (Å²) < 4.78 is 45.7. The van der Waals surface area contributed by atoms with Crippen LogP contribution in [0.4, 0.5) is 18.9 Å². The maximum absolute atomic E-state index is 13.4. The highest BCUT2D eigenvalue weighted by Crippen LogP contribution is 2.52. The molecule has 3 aromatic rings. The number of hydrogen-bond acceptors (Lipinski definition) is 3. The number of amides is 2. The van der Waals surface area contributed by atoms with Crippen molar-refractivity contribution in [1.29, 1.82) is 0 Å². The molecule has 2 saturated heterocycles. The molecule has 4 atom stereocenters. The van der Waals surface area contributed by atoms with Gasteiger partial charge in [0.1, 0.15) is 5.60 Å². The van der Waals surface area contributed by atoms with Gasteiger partial charge in [-0.15, -0.1) is 0 Å². The molecular weight excluding hydrogens is 459 g/mol. The molecule has 180 valence electrons. The molecule has 0 aliphatic carbocycles. The zero-order chi connectivity index (χ0) is 24.4. The fraction of sp³-hybridized carbons (Fsp3) is 0.308. The van der Waals surface area contributed by atoms with Crippen LogP contribution in [0.5, 0.6) is 0 Å². The second kappa shape index (κ2) is 7.71. The van der Waals surface area contributed by atoms with Crippen LogP contribution in [0, 0.1) is 11.8 Å². The molecule has 0 radical (unpaired) electrons. The minimum Gasteiger partial charge on any atom is -0.361 e. The third-order valence-electron chi connectivity index (χ3n) is 7.26. The highest BCUT2D eigenvalue weighted by molar-refractivity contribution is 6.03. The van der Waals surface area contributed by atoms with E-state index < -0.39 is 41.2 Å². The summed E-state index contributed by atoms with van der Waals surface area (Å²) >= 11 is 0. The number of rotatable bonds is 5. The first-order chi connectivity index (χ1) is 16.8. The van der Waals surface area contributed by atoms with Crippen molar-refractivity contribution >= 4 is 28.4 Å². The van der Waals surface area contributed by atoms with Gasteiger partial charge < -0.3 is 19.9 Å². The lowest BCUT2D eigenvalue weighted by Gasteiger charge is -2.23. The Morgan fingerprint density at radius 3 is 2.86 bits per heavy atom. The average molecular weight is 481 g/mol. The van der Waals surface area contributed by atoms with E-state index in [9.17, 15) is 22.8 Å². The Labute approximate surface area is 198 Å². The molecule has 2 bridgehead atoms. The number of aromatic amines is 1. The minimum absolute atomic E-state index is 0.0733. The molecule has 2 fully saturated rings. The highest BCUT2D eigenvalue weighted by Gasteiger charge is 2.67. The third-order valence-corrected chi connectivity index (χ3v) is 7.26. The number of carbonyl (C=O) groups is 2. The van der Waals surface area contributed by atoms with Gasteiger partial charge in [-0.1, -0.05) is 36.4 Å². The summed E-state index contributed by atoms with van der Waals surface area (Å²) in [6.45, 7) is 0.461. The van der Waals surface area contributed by atoms with Crippen LogP contribution in [0.2, 0.25) is 0 Å². The van der Waals surface area contributed by atoms with E-state index in [-0.39, 0.29) is 18.1 Å². The Morgan fingerprint density at radius 2 is 2.03 bits per heavy atom. The molecule has 2 amide bonds. The lowest BCUT2D eigenvalue weighted by atomic mass is 9.77. The number of anilines is 1. The Kier molecular flexibility index (Phi) is 4.83. The summed E-state index contributed by atoms with van der Waals surface area (Å²) in [6, 6.07) is 12.6. The number of halogens is 3. The van der Waals surface area contributed by atoms with Crippen LogP contribution in [0.25, 0.3) is 10.9 Å². The van der Waals surface area contributed by atoms with Crippen LogP contribution in [0.1, 0.15) is 11.1 Å². The summed E-state index contributed by atoms with van der Waals surface area (Å²) in [5.74, 6) is -2.19. The molecular formula is C26H22F3N3O3. The fourth-order valence-corrected chi connectivity index (χ4v) is 5.64. The minimum atomic E-state index is -4.52. The predicted molar refractivity (Wildman–Crippen MR) is 123 cm³/mol. The topological polar surface area (TPSA) is 74.4 Å². The molecule has 1 spiro atoms. The van der Waals surface area contributed by atoms with Crippen molar-refractivity contribution in [2.24, 2.45) is 11.8 Å². The number of ether oxygens (including phenoxy) is 1. The second-order valence-electron chi connectivity index (χ2n) is 9.27. The zero-order valence-electron chi connectivity index (χ0n) is 18.5. The predicted octanol–water partition coefficient (Wildman–Crippen LogP) is 3.83. The molecule has 0 unspecified atom stereocenters.